The van der Waals surface area contributed by atoms with E-state index >= 15 is 0 Å². The van der Waals surface area contributed by atoms with Crippen molar-refractivity contribution in [2.75, 3.05) is 6.54 Å². The van der Waals surface area contributed by atoms with Crippen LogP contribution in [0.5, 0.6) is 0 Å². The molecular weight excluding hydrogens is 242 g/mol. The molecule has 1 atom stereocenters. The first-order valence-electron chi connectivity index (χ1n) is 7.44. The van der Waals surface area contributed by atoms with Crippen molar-refractivity contribution in [3.63, 3.8) is 0 Å². The zero-order chi connectivity index (χ0) is 14.7. The van der Waals surface area contributed by atoms with Crippen LogP contribution in [0.4, 0.5) is 0 Å². The van der Waals surface area contributed by atoms with Gasteiger partial charge in [-0.25, -0.2) is 0 Å². The highest BCUT2D eigenvalue weighted by atomic mass is 16.5. The molecule has 19 heavy (non-hydrogen) atoms. The van der Waals surface area contributed by atoms with Gasteiger partial charge in [-0.1, -0.05) is 39.5 Å². The number of carbonyl (C=O) groups excluding carboxylic acids is 2. The van der Waals surface area contributed by atoms with Crippen LogP contribution in [0, 0.1) is 5.92 Å². The summed E-state index contributed by atoms with van der Waals surface area (Å²) in [5.41, 5.74) is 0. The molecule has 112 valence electrons. The summed E-state index contributed by atoms with van der Waals surface area (Å²) in [5, 5.41) is 2.79. The van der Waals surface area contributed by atoms with Crippen LogP contribution in [0.3, 0.4) is 0 Å². The van der Waals surface area contributed by atoms with Crippen molar-refractivity contribution in [1.29, 1.82) is 0 Å². The molecule has 0 rings (SSSR count). The molecule has 0 fully saturated rings. The van der Waals surface area contributed by atoms with E-state index in [9.17, 15) is 9.59 Å². The van der Waals surface area contributed by atoms with Crippen molar-refractivity contribution in [2.24, 2.45) is 5.92 Å². The van der Waals surface area contributed by atoms with Gasteiger partial charge in [0, 0.05) is 13.0 Å². The molecule has 0 radical (unpaired) electrons. The van der Waals surface area contributed by atoms with Gasteiger partial charge < -0.3 is 10.1 Å². The Morgan fingerprint density at radius 1 is 1.05 bits per heavy atom. The number of ether oxygens (including phenoxy) is 1. The van der Waals surface area contributed by atoms with E-state index < -0.39 is 0 Å². The van der Waals surface area contributed by atoms with E-state index in [0.717, 1.165) is 12.8 Å². The second-order valence-corrected chi connectivity index (χ2v) is 5.35. The van der Waals surface area contributed by atoms with E-state index in [0.29, 0.717) is 13.0 Å². The fraction of sp³-hybridized carbons (Fsp3) is 0.867. The van der Waals surface area contributed by atoms with Crippen molar-refractivity contribution < 1.29 is 14.3 Å². The summed E-state index contributed by atoms with van der Waals surface area (Å²) in [6, 6.07) is 0. The molecule has 0 saturated carbocycles. The fourth-order valence-corrected chi connectivity index (χ4v) is 1.68. The minimum atomic E-state index is -0.286. The lowest BCUT2D eigenvalue weighted by atomic mass is 10.1. The smallest absolute Gasteiger partial charge is 0.310 e. The van der Waals surface area contributed by atoms with Gasteiger partial charge in [0.2, 0.25) is 5.91 Å². The summed E-state index contributed by atoms with van der Waals surface area (Å²) in [4.78, 5) is 23.1. The number of nitrogens with one attached hydrogen (secondary N) is 1. The Hall–Kier alpha value is -1.06. The second kappa shape index (κ2) is 10.8. The third-order valence-electron chi connectivity index (χ3n) is 2.87. The lowest BCUT2D eigenvalue weighted by Crippen LogP contribution is -2.33. The molecule has 0 bridgehead atoms. The van der Waals surface area contributed by atoms with E-state index in [1.54, 1.807) is 6.92 Å². The Labute approximate surface area is 117 Å². The Bertz CT molecular complexity index is 264. The number of rotatable bonds is 10. The molecule has 0 spiro atoms. The minimum absolute atomic E-state index is 0.0284. The van der Waals surface area contributed by atoms with Gasteiger partial charge in [0.15, 0.2) is 0 Å². The van der Waals surface area contributed by atoms with Crippen LogP contribution < -0.4 is 5.32 Å². The highest BCUT2D eigenvalue weighted by Gasteiger charge is 2.16. The number of hydrogen-bond acceptors (Lipinski definition) is 3. The van der Waals surface area contributed by atoms with Crippen LogP contribution >= 0.6 is 0 Å². The van der Waals surface area contributed by atoms with E-state index in [2.05, 4.69) is 12.2 Å². The Balaban J connectivity index is 3.63. The molecule has 0 aromatic heterocycles. The van der Waals surface area contributed by atoms with Gasteiger partial charge in [-0.15, -0.1) is 0 Å². The second-order valence-electron chi connectivity index (χ2n) is 5.35. The average molecular weight is 271 g/mol. The van der Waals surface area contributed by atoms with Crippen LogP contribution in [-0.2, 0) is 14.3 Å². The van der Waals surface area contributed by atoms with E-state index in [4.69, 9.17) is 4.74 Å². The number of hydrogen-bond donors (Lipinski definition) is 1. The Kier molecular flexibility index (Phi) is 10.2. The quantitative estimate of drug-likeness (QED) is 0.491. The third-order valence-corrected chi connectivity index (χ3v) is 2.87. The maximum atomic E-state index is 11.6. The SMILES string of the molecule is CCCCCCCC(=O)NCC(C)C(=O)OC(C)C. The summed E-state index contributed by atoms with van der Waals surface area (Å²) < 4.78 is 5.08. The number of esters is 1. The van der Waals surface area contributed by atoms with Gasteiger partial charge in [0.25, 0.3) is 0 Å². The van der Waals surface area contributed by atoms with E-state index in [1.165, 1.54) is 19.3 Å². The van der Waals surface area contributed by atoms with Gasteiger partial charge in [0.05, 0.1) is 12.0 Å². The Morgan fingerprint density at radius 3 is 2.26 bits per heavy atom. The molecule has 0 aromatic rings. The van der Waals surface area contributed by atoms with E-state index in [-0.39, 0.29) is 23.9 Å². The summed E-state index contributed by atoms with van der Waals surface area (Å²) in [5.74, 6) is -0.509. The van der Waals surface area contributed by atoms with Crippen LogP contribution in [0.25, 0.3) is 0 Å². The topological polar surface area (TPSA) is 55.4 Å². The van der Waals surface area contributed by atoms with Crippen molar-refractivity contribution in [1.82, 2.24) is 5.32 Å². The van der Waals surface area contributed by atoms with Gasteiger partial charge in [-0.05, 0) is 20.3 Å². The zero-order valence-electron chi connectivity index (χ0n) is 12.8. The fourth-order valence-electron chi connectivity index (χ4n) is 1.68. The maximum Gasteiger partial charge on any atom is 0.310 e. The molecule has 0 heterocycles. The predicted molar refractivity (Wildman–Crippen MR) is 76.8 cm³/mol. The van der Waals surface area contributed by atoms with Gasteiger partial charge in [0.1, 0.15) is 0 Å². The van der Waals surface area contributed by atoms with Crippen molar-refractivity contribution in [3.05, 3.63) is 0 Å². The molecular formula is C15H29NO3. The first-order valence-corrected chi connectivity index (χ1v) is 7.44. The largest absolute Gasteiger partial charge is 0.463 e. The highest BCUT2D eigenvalue weighted by Crippen LogP contribution is 2.05. The first kappa shape index (κ1) is 17.9. The van der Waals surface area contributed by atoms with E-state index in [1.807, 2.05) is 13.8 Å². The van der Waals surface area contributed by atoms with Gasteiger partial charge >= 0.3 is 5.97 Å². The predicted octanol–water partition coefficient (Wildman–Crippen LogP) is 3.05. The van der Waals surface area contributed by atoms with Crippen molar-refractivity contribution >= 4 is 11.9 Å². The van der Waals surface area contributed by atoms with Crippen molar-refractivity contribution in [3.8, 4) is 0 Å². The molecule has 0 aromatic carbocycles. The van der Waals surface area contributed by atoms with Gasteiger partial charge in [-0.3, -0.25) is 9.59 Å². The van der Waals surface area contributed by atoms with Crippen LogP contribution in [-0.4, -0.2) is 24.5 Å². The number of unbranched alkanes of at least 4 members (excludes halogenated alkanes) is 4. The molecule has 1 unspecified atom stereocenters. The molecule has 0 aliphatic heterocycles. The normalized spacial score (nSPS) is 12.3. The molecule has 0 aliphatic carbocycles. The summed E-state index contributed by atoms with van der Waals surface area (Å²) in [6.45, 7) is 7.94. The number of carbonyl (C=O) groups is 2. The molecule has 1 N–H and O–H groups in total. The third kappa shape index (κ3) is 10.5. The molecule has 1 amide bonds. The van der Waals surface area contributed by atoms with Gasteiger partial charge in [-0.2, -0.15) is 0 Å². The lowest BCUT2D eigenvalue weighted by molar-refractivity contribution is -0.151. The molecule has 0 aliphatic rings. The molecule has 0 saturated heterocycles. The lowest BCUT2D eigenvalue weighted by Gasteiger charge is -2.14. The van der Waals surface area contributed by atoms with Crippen LogP contribution in [0.1, 0.15) is 66.2 Å². The van der Waals surface area contributed by atoms with Crippen molar-refractivity contribution in [2.45, 2.75) is 72.3 Å². The highest BCUT2D eigenvalue weighted by molar-refractivity contribution is 5.77. The standard InChI is InChI=1S/C15H29NO3/c1-5-6-7-8-9-10-14(17)16-11-13(4)15(18)19-12(2)3/h12-13H,5-11H2,1-4H3,(H,16,17). The molecule has 4 heteroatoms. The monoisotopic (exact) mass is 271 g/mol. The molecule has 4 nitrogen and oxygen atoms in total. The zero-order valence-corrected chi connectivity index (χ0v) is 12.8. The van der Waals surface area contributed by atoms with Crippen LogP contribution in [0.15, 0.2) is 0 Å². The summed E-state index contributed by atoms with van der Waals surface area (Å²) in [7, 11) is 0. The number of amides is 1. The average Bonchev–Trinajstić information content (AvgIpc) is 2.34. The first-order chi connectivity index (χ1) is 8.97. The minimum Gasteiger partial charge on any atom is -0.463 e. The van der Waals surface area contributed by atoms with Crippen LogP contribution in [0.2, 0.25) is 0 Å². The Morgan fingerprint density at radius 2 is 1.68 bits per heavy atom. The summed E-state index contributed by atoms with van der Waals surface area (Å²) in [6.07, 6.45) is 6.12. The maximum absolute atomic E-state index is 11.6. The summed E-state index contributed by atoms with van der Waals surface area (Å²) >= 11 is 0.